The highest BCUT2D eigenvalue weighted by Crippen LogP contribution is 2.28. The van der Waals surface area contributed by atoms with E-state index in [1.54, 1.807) is 25.3 Å². The summed E-state index contributed by atoms with van der Waals surface area (Å²) in [6.45, 7) is 5.76. The number of hydrogen-bond donors (Lipinski definition) is 0. The molecule has 154 valence electrons. The molecule has 7 heteroatoms. The van der Waals surface area contributed by atoms with Crippen LogP contribution in [-0.4, -0.2) is 22.9 Å². The molecule has 0 fully saturated rings. The van der Waals surface area contributed by atoms with Gasteiger partial charge in [-0.1, -0.05) is 15.9 Å². The van der Waals surface area contributed by atoms with Gasteiger partial charge in [0.05, 0.1) is 12.8 Å². The Labute approximate surface area is 181 Å². The lowest BCUT2D eigenvalue weighted by Crippen LogP contribution is -2.15. The van der Waals surface area contributed by atoms with Crippen molar-refractivity contribution in [2.75, 3.05) is 6.61 Å². The number of halogens is 1. The van der Waals surface area contributed by atoms with E-state index in [1.165, 1.54) is 0 Å². The number of carbonyl (C=O) groups excluding carboxylic acids is 2. The average Bonchev–Trinajstić information content (AvgIpc) is 3.42. The molecule has 4 rings (SSSR count). The summed E-state index contributed by atoms with van der Waals surface area (Å²) in [4.78, 5) is 25.2. The van der Waals surface area contributed by atoms with Crippen molar-refractivity contribution < 1.29 is 23.2 Å². The molecule has 0 N–H and O–H groups in total. The second-order valence-electron chi connectivity index (χ2n) is 7.15. The summed E-state index contributed by atoms with van der Waals surface area (Å²) in [7, 11) is 0. The number of furan rings is 2. The maximum Gasteiger partial charge on any atom is 0.375 e. The zero-order valence-corrected chi connectivity index (χ0v) is 18.4. The Balaban J connectivity index is 1.49. The zero-order valence-electron chi connectivity index (χ0n) is 16.8. The topological polar surface area (TPSA) is 74.6 Å². The molecule has 0 atom stereocenters. The molecule has 0 spiro atoms. The van der Waals surface area contributed by atoms with Crippen LogP contribution in [0.25, 0.3) is 11.0 Å². The molecule has 6 nitrogen and oxygen atoms in total. The van der Waals surface area contributed by atoms with Crippen LogP contribution in [0.4, 0.5) is 0 Å². The van der Waals surface area contributed by atoms with E-state index in [0.717, 1.165) is 27.0 Å². The van der Waals surface area contributed by atoms with Gasteiger partial charge < -0.3 is 18.1 Å². The summed E-state index contributed by atoms with van der Waals surface area (Å²) in [6, 6.07) is 11.0. The van der Waals surface area contributed by atoms with Crippen molar-refractivity contribution in [1.82, 2.24) is 4.57 Å². The first-order valence-corrected chi connectivity index (χ1v) is 10.2. The third kappa shape index (κ3) is 3.73. The molecule has 0 aliphatic rings. The standard InChI is InChI=1S/C23H20BrNO5/c1-13-9-19(15(3)25(13)11-17-5-4-8-28-17)20(26)12-29-23(27)22-14(2)18-10-16(24)6-7-21(18)30-22/h4-10H,11-12H2,1-3H3. The summed E-state index contributed by atoms with van der Waals surface area (Å²) in [6.07, 6.45) is 1.62. The summed E-state index contributed by atoms with van der Waals surface area (Å²) >= 11 is 3.41. The predicted octanol–water partition coefficient (Wildman–Crippen LogP) is 5.60. The summed E-state index contributed by atoms with van der Waals surface area (Å²) < 4.78 is 19.2. The molecular formula is C23H20BrNO5. The van der Waals surface area contributed by atoms with Gasteiger partial charge in [-0.05, 0) is 57.2 Å². The number of nitrogens with zero attached hydrogens (tertiary/aromatic N) is 1. The minimum Gasteiger partial charge on any atom is -0.467 e. The predicted molar refractivity (Wildman–Crippen MR) is 115 cm³/mol. The maximum atomic E-state index is 12.7. The second kappa shape index (κ2) is 7.99. The molecule has 1 aromatic carbocycles. The highest BCUT2D eigenvalue weighted by atomic mass is 79.9. The van der Waals surface area contributed by atoms with E-state index >= 15 is 0 Å². The number of esters is 1. The van der Waals surface area contributed by atoms with Gasteiger partial charge in [0.15, 0.2) is 6.61 Å². The molecule has 0 aliphatic heterocycles. The van der Waals surface area contributed by atoms with Gasteiger partial charge in [-0.15, -0.1) is 0 Å². The van der Waals surface area contributed by atoms with E-state index in [0.29, 0.717) is 23.3 Å². The Kier molecular flexibility index (Phi) is 5.39. The SMILES string of the molecule is Cc1c(C(=O)OCC(=O)c2cc(C)n(Cc3ccco3)c2C)oc2ccc(Br)cc12. The lowest BCUT2D eigenvalue weighted by atomic mass is 10.1. The third-order valence-electron chi connectivity index (χ3n) is 5.19. The fourth-order valence-electron chi connectivity index (χ4n) is 3.55. The maximum absolute atomic E-state index is 12.7. The number of aromatic nitrogens is 1. The monoisotopic (exact) mass is 469 g/mol. The lowest BCUT2D eigenvalue weighted by molar-refractivity contribution is 0.0445. The lowest BCUT2D eigenvalue weighted by Gasteiger charge is -2.08. The number of benzene rings is 1. The first-order valence-electron chi connectivity index (χ1n) is 9.43. The normalized spacial score (nSPS) is 11.2. The Morgan fingerprint density at radius 1 is 1.13 bits per heavy atom. The van der Waals surface area contributed by atoms with Gasteiger partial charge in [0, 0.05) is 32.4 Å². The first-order chi connectivity index (χ1) is 14.3. The average molecular weight is 470 g/mol. The van der Waals surface area contributed by atoms with Crippen LogP contribution in [0, 0.1) is 20.8 Å². The molecule has 3 heterocycles. The van der Waals surface area contributed by atoms with Crippen LogP contribution in [0.1, 0.15) is 43.6 Å². The Morgan fingerprint density at radius 3 is 2.67 bits per heavy atom. The number of hydrogen-bond acceptors (Lipinski definition) is 5. The van der Waals surface area contributed by atoms with Gasteiger partial charge in [0.1, 0.15) is 11.3 Å². The zero-order chi connectivity index (χ0) is 21.4. The molecule has 3 aromatic heterocycles. The van der Waals surface area contributed by atoms with Gasteiger partial charge in [-0.2, -0.15) is 0 Å². The van der Waals surface area contributed by atoms with E-state index in [2.05, 4.69) is 15.9 Å². The van der Waals surface area contributed by atoms with Crippen molar-refractivity contribution in [3.05, 3.63) is 81.2 Å². The Hall–Kier alpha value is -3.06. The van der Waals surface area contributed by atoms with Crippen LogP contribution in [-0.2, 0) is 11.3 Å². The number of ether oxygens (including phenoxy) is 1. The van der Waals surface area contributed by atoms with E-state index in [4.69, 9.17) is 13.6 Å². The van der Waals surface area contributed by atoms with Crippen LogP contribution in [0.5, 0.6) is 0 Å². The fourth-order valence-corrected chi connectivity index (χ4v) is 3.91. The van der Waals surface area contributed by atoms with Crippen molar-refractivity contribution in [2.24, 2.45) is 0 Å². The largest absolute Gasteiger partial charge is 0.467 e. The molecule has 0 unspecified atom stereocenters. The summed E-state index contributed by atoms with van der Waals surface area (Å²) in [5, 5.41) is 0.823. The van der Waals surface area contributed by atoms with E-state index < -0.39 is 5.97 Å². The van der Waals surface area contributed by atoms with Gasteiger partial charge >= 0.3 is 5.97 Å². The van der Waals surface area contributed by atoms with E-state index in [-0.39, 0.29) is 18.2 Å². The smallest absolute Gasteiger partial charge is 0.375 e. The molecule has 0 bridgehead atoms. The quantitative estimate of drug-likeness (QED) is 0.271. The number of rotatable bonds is 6. The first kappa shape index (κ1) is 20.2. The number of fused-ring (bicyclic) bond motifs is 1. The number of ketones is 1. The third-order valence-corrected chi connectivity index (χ3v) is 5.68. The van der Waals surface area contributed by atoms with Crippen molar-refractivity contribution >= 4 is 38.7 Å². The van der Waals surface area contributed by atoms with E-state index in [9.17, 15) is 9.59 Å². The second-order valence-corrected chi connectivity index (χ2v) is 8.06. The molecule has 0 radical (unpaired) electrons. The summed E-state index contributed by atoms with van der Waals surface area (Å²) in [5.74, 6) is -0.00960. The minimum absolute atomic E-state index is 0.110. The van der Waals surface area contributed by atoms with Crippen molar-refractivity contribution in [3.8, 4) is 0 Å². The molecule has 0 saturated carbocycles. The number of aryl methyl sites for hydroxylation is 2. The van der Waals surface area contributed by atoms with Crippen LogP contribution < -0.4 is 0 Å². The number of Topliss-reactive ketones (excluding diaryl/α,β-unsaturated/α-hetero) is 1. The van der Waals surface area contributed by atoms with Crippen molar-refractivity contribution in [2.45, 2.75) is 27.3 Å². The van der Waals surface area contributed by atoms with Crippen LogP contribution in [0.15, 0.2) is 56.0 Å². The fraction of sp³-hybridized carbons (Fsp3) is 0.217. The van der Waals surface area contributed by atoms with Crippen molar-refractivity contribution in [3.63, 3.8) is 0 Å². The molecule has 0 amide bonds. The number of carbonyl (C=O) groups is 2. The van der Waals surface area contributed by atoms with Crippen LogP contribution in [0.3, 0.4) is 0 Å². The molecule has 4 aromatic rings. The van der Waals surface area contributed by atoms with Gasteiger partial charge in [0.2, 0.25) is 11.5 Å². The van der Waals surface area contributed by atoms with Gasteiger partial charge in [0.25, 0.3) is 0 Å². The minimum atomic E-state index is -0.655. The highest BCUT2D eigenvalue weighted by molar-refractivity contribution is 9.10. The Bertz CT molecular complexity index is 1250. The van der Waals surface area contributed by atoms with Crippen LogP contribution in [0.2, 0.25) is 0 Å². The molecule has 30 heavy (non-hydrogen) atoms. The summed E-state index contributed by atoms with van der Waals surface area (Å²) in [5.41, 5.74) is 3.53. The van der Waals surface area contributed by atoms with Gasteiger partial charge in [-0.3, -0.25) is 4.79 Å². The highest BCUT2D eigenvalue weighted by Gasteiger charge is 2.22. The molecule has 0 aliphatic carbocycles. The van der Waals surface area contributed by atoms with E-state index in [1.807, 2.05) is 42.7 Å². The Morgan fingerprint density at radius 2 is 1.93 bits per heavy atom. The van der Waals surface area contributed by atoms with Crippen molar-refractivity contribution in [1.29, 1.82) is 0 Å². The molecule has 0 saturated heterocycles. The van der Waals surface area contributed by atoms with Gasteiger partial charge in [-0.25, -0.2) is 4.79 Å². The molecular weight excluding hydrogens is 450 g/mol. The van der Waals surface area contributed by atoms with Crippen LogP contribution >= 0.6 is 15.9 Å².